The summed E-state index contributed by atoms with van der Waals surface area (Å²) in [6.07, 6.45) is 0. The SMILES string of the molecule is CN=C(NCCOc1cccc(F)c1)NCc1ccc(C)cc1. The van der Waals surface area contributed by atoms with Crippen molar-refractivity contribution in [3.05, 3.63) is 65.5 Å². The predicted molar refractivity (Wildman–Crippen MR) is 91.3 cm³/mol. The minimum atomic E-state index is -0.300. The van der Waals surface area contributed by atoms with Gasteiger partial charge in [0.15, 0.2) is 5.96 Å². The van der Waals surface area contributed by atoms with Crippen LogP contribution in [0.5, 0.6) is 5.75 Å². The Hall–Kier alpha value is -2.56. The summed E-state index contributed by atoms with van der Waals surface area (Å²) in [7, 11) is 1.72. The molecule has 4 nitrogen and oxygen atoms in total. The average Bonchev–Trinajstić information content (AvgIpc) is 2.56. The average molecular weight is 315 g/mol. The summed E-state index contributed by atoms with van der Waals surface area (Å²) in [6.45, 7) is 3.76. The fourth-order valence-electron chi connectivity index (χ4n) is 2.01. The third-order valence-electron chi connectivity index (χ3n) is 3.26. The van der Waals surface area contributed by atoms with E-state index in [4.69, 9.17) is 4.74 Å². The van der Waals surface area contributed by atoms with E-state index in [0.717, 1.165) is 0 Å². The lowest BCUT2D eigenvalue weighted by molar-refractivity contribution is 0.320. The maximum absolute atomic E-state index is 13.0. The first-order valence-electron chi connectivity index (χ1n) is 7.56. The number of guanidine groups is 1. The van der Waals surface area contributed by atoms with Gasteiger partial charge in [0.1, 0.15) is 18.2 Å². The molecule has 23 heavy (non-hydrogen) atoms. The van der Waals surface area contributed by atoms with Crippen molar-refractivity contribution in [3.8, 4) is 5.75 Å². The highest BCUT2D eigenvalue weighted by Crippen LogP contribution is 2.11. The van der Waals surface area contributed by atoms with E-state index in [0.29, 0.717) is 31.4 Å². The van der Waals surface area contributed by atoms with Crippen LogP contribution < -0.4 is 15.4 Å². The number of halogens is 1. The minimum absolute atomic E-state index is 0.300. The quantitative estimate of drug-likeness (QED) is 0.489. The molecular weight excluding hydrogens is 293 g/mol. The molecule has 0 bridgehead atoms. The second-order valence-electron chi connectivity index (χ2n) is 5.14. The Morgan fingerprint density at radius 1 is 1.13 bits per heavy atom. The molecule has 2 N–H and O–H groups in total. The Bertz CT molecular complexity index is 641. The number of nitrogens with one attached hydrogen (secondary N) is 2. The third kappa shape index (κ3) is 5.98. The molecule has 0 aliphatic heterocycles. The number of aliphatic imine (C=N–C) groups is 1. The lowest BCUT2D eigenvalue weighted by Gasteiger charge is -2.12. The highest BCUT2D eigenvalue weighted by atomic mass is 19.1. The van der Waals surface area contributed by atoms with Gasteiger partial charge in [-0.3, -0.25) is 4.99 Å². The van der Waals surface area contributed by atoms with Crippen LogP contribution in [0.25, 0.3) is 0 Å². The normalized spacial score (nSPS) is 11.2. The van der Waals surface area contributed by atoms with Gasteiger partial charge in [-0.25, -0.2) is 4.39 Å². The molecule has 0 spiro atoms. The number of ether oxygens (including phenoxy) is 1. The molecule has 0 aliphatic carbocycles. The van der Waals surface area contributed by atoms with Crippen molar-refractivity contribution in [2.24, 2.45) is 4.99 Å². The number of hydrogen-bond donors (Lipinski definition) is 2. The minimum Gasteiger partial charge on any atom is -0.492 e. The monoisotopic (exact) mass is 315 g/mol. The molecule has 5 heteroatoms. The van der Waals surface area contributed by atoms with Crippen LogP contribution in [0.1, 0.15) is 11.1 Å². The number of aryl methyl sites for hydroxylation is 1. The van der Waals surface area contributed by atoms with Gasteiger partial charge < -0.3 is 15.4 Å². The van der Waals surface area contributed by atoms with Crippen LogP contribution in [-0.2, 0) is 6.54 Å². The van der Waals surface area contributed by atoms with Crippen molar-refractivity contribution in [2.45, 2.75) is 13.5 Å². The summed E-state index contributed by atoms with van der Waals surface area (Å²) in [6, 6.07) is 14.4. The molecule has 2 rings (SSSR count). The fraction of sp³-hybridized carbons (Fsp3) is 0.278. The Kier molecular flexibility index (Phi) is 6.41. The number of nitrogens with zero attached hydrogens (tertiary/aromatic N) is 1. The fourth-order valence-corrected chi connectivity index (χ4v) is 2.01. The van der Waals surface area contributed by atoms with Crippen molar-refractivity contribution in [3.63, 3.8) is 0 Å². The van der Waals surface area contributed by atoms with E-state index in [-0.39, 0.29) is 5.82 Å². The summed E-state index contributed by atoms with van der Waals surface area (Å²) < 4.78 is 18.5. The smallest absolute Gasteiger partial charge is 0.191 e. The number of rotatable bonds is 6. The Labute approximate surface area is 136 Å². The second-order valence-corrected chi connectivity index (χ2v) is 5.14. The Morgan fingerprint density at radius 2 is 1.91 bits per heavy atom. The first-order valence-corrected chi connectivity index (χ1v) is 7.56. The van der Waals surface area contributed by atoms with Gasteiger partial charge in [0.25, 0.3) is 0 Å². The highest BCUT2D eigenvalue weighted by molar-refractivity contribution is 5.79. The van der Waals surface area contributed by atoms with Gasteiger partial charge >= 0.3 is 0 Å². The van der Waals surface area contributed by atoms with Gasteiger partial charge in [-0.15, -0.1) is 0 Å². The zero-order valence-corrected chi connectivity index (χ0v) is 13.5. The summed E-state index contributed by atoms with van der Waals surface area (Å²) in [5.74, 6) is 0.925. The largest absolute Gasteiger partial charge is 0.492 e. The molecular formula is C18H22FN3O. The van der Waals surface area contributed by atoms with Crippen LogP contribution in [0.3, 0.4) is 0 Å². The van der Waals surface area contributed by atoms with Crippen LogP contribution in [-0.4, -0.2) is 26.2 Å². The van der Waals surface area contributed by atoms with Crippen molar-refractivity contribution >= 4 is 5.96 Å². The molecule has 0 radical (unpaired) electrons. The van der Waals surface area contributed by atoms with Gasteiger partial charge in [-0.2, -0.15) is 0 Å². The van der Waals surface area contributed by atoms with Crippen molar-refractivity contribution in [1.29, 1.82) is 0 Å². The van der Waals surface area contributed by atoms with E-state index in [1.807, 2.05) is 0 Å². The van der Waals surface area contributed by atoms with Gasteiger partial charge in [-0.1, -0.05) is 35.9 Å². The zero-order chi connectivity index (χ0) is 16.5. The van der Waals surface area contributed by atoms with Gasteiger partial charge in [0.05, 0.1) is 6.54 Å². The molecule has 0 aromatic heterocycles. The molecule has 0 saturated heterocycles. The van der Waals surface area contributed by atoms with Crippen molar-refractivity contribution in [1.82, 2.24) is 10.6 Å². The Balaban J connectivity index is 1.69. The third-order valence-corrected chi connectivity index (χ3v) is 3.26. The van der Waals surface area contributed by atoms with E-state index in [1.54, 1.807) is 19.2 Å². The molecule has 122 valence electrons. The summed E-state index contributed by atoms with van der Waals surface area (Å²) in [5.41, 5.74) is 2.43. The lowest BCUT2D eigenvalue weighted by atomic mass is 10.1. The maximum atomic E-state index is 13.0. The van der Waals surface area contributed by atoms with Crippen LogP contribution in [0, 0.1) is 12.7 Å². The van der Waals surface area contributed by atoms with E-state index in [9.17, 15) is 4.39 Å². The summed E-state index contributed by atoms with van der Waals surface area (Å²) in [5, 5.41) is 6.39. The maximum Gasteiger partial charge on any atom is 0.191 e. The standard InChI is InChI=1S/C18H22FN3O/c1-14-6-8-15(9-7-14)13-22-18(20-2)21-10-11-23-17-5-3-4-16(19)12-17/h3-9,12H,10-11,13H2,1-2H3,(H2,20,21,22). The molecule has 2 aromatic rings. The van der Waals surface area contributed by atoms with Gasteiger partial charge in [-0.05, 0) is 24.6 Å². The van der Waals surface area contributed by atoms with E-state index < -0.39 is 0 Å². The second kappa shape index (κ2) is 8.78. The van der Waals surface area contributed by atoms with Crippen LogP contribution in [0.2, 0.25) is 0 Å². The van der Waals surface area contributed by atoms with Crippen LogP contribution >= 0.6 is 0 Å². The zero-order valence-electron chi connectivity index (χ0n) is 13.5. The molecule has 0 heterocycles. The molecule has 0 atom stereocenters. The van der Waals surface area contributed by atoms with E-state index >= 15 is 0 Å². The lowest BCUT2D eigenvalue weighted by Crippen LogP contribution is -2.38. The Morgan fingerprint density at radius 3 is 2.61 bits per heavy atom. The van der Waals surface area contributed by atoms with Crippen LogP contribution in [0.4, 0.5) is 4.39 Å². The van der Waals surface area contributed by atoms with Crippen molar-refractivity contribution in [2.75, 3.05) is 20.2 Å². The summed E-state index contributed by atoms with van der Waals surface area (Å²) in [4.78, 5) is 4.16. The summed E-state index contributed by atoms with van der Waals surface area (Å²) >= 11 is 0. The van der Waals surface area contributed by atoms with E-state index in [1.165, 1.54) is 23.3 Å². The van der Waals surface area contributed by atoms with E-state index in [2.05, 4.69) is 46.8 Å². The molecule has 0 unspecified atom stereocenters. The molecule has 0 fully saturated rings. The topological polar surface area (TPSA) is 45.7 Å². The molecule has 0 aliphatic rings. The molecule has 0 amide bonds. The van der Waals surface area contributed by atoms with Crippen molar-refractivity contribution < 1.29 is 9.13 Å². The highest BCUT2D eigenvalue weighted by Gasteiger charge is 1.99. The number of benzene rings is 2. The molecule has 0 saturated carbocycles. The van der Waals surface area contributed by atoms with Gasteiger partial charge in [0, 0.05) is 19.7 Å². The van der Waals surface area contributed by atoms with Gasteiger partial charge in [0.2, 0.25) is 0 Å². The van der Waals surface area contributed by atoms with Crippen LogP contribution in [0.15, 0.2) is 53.5 Å². The molecule has 2 aromatic carbocycles. The predicted octanol–water partition coefficient (Wildman–Crippen LogP) is 2.88. The first-order chi connectivity index (χ1) is 11.2. The first kappa shape index (κ1) is 16.8. The number of hydrogen-bond acceptors (Lipinski definition) is 2.